The molecule has 1 aromatic rings. The van der Waals surface area contributed by atoms with Gasteiger partial charge in [0.1, 0.15) is 7.05 Å². The van der Waals surface area contributed by atoms with Gasteiger partial charge in [-0.25, -0.2) is 13.0 Å². The molecule has 0 amide bonds. The van der Waals surface area contributed by atoms with E-state index in [0.29, 0.717) is 4.90 Å². The summed E-state index contributed by atoms with van der Waals surface area (Å²) in [6, 6.07) is 3.58. The van der Waals surface area contributed by atoms with Gasteiger partial charge in [-0.3, -0.25) is 0 Å². The smallest absolute Gasteiger partial charge is 0.184 e. The fourth-order valence-corrected chi connectivity index (χ4v) is 8.89. The first-order valence-corrected chi connectivity index (χ1v) is 22.9. The quantitative estimate of drug-likeness (QED) is 0.0402. The standard InChI is InChI=1S/C45H82NO2S/c1-5-7-9-11-13-15-17-19-21-23-25-27-29-31-33-35-37-41-45(3,49(47,48)44-38-42-46(4)43-39-44)40-36-34-32-30-28-26-24-22-20-18-16-14-12-10-8-6-2/h19-22,38-39,42-43H,5-18,23-37,40-41H2,1-4H3/q+1. The van der Waals surface area contributed by atoms with Crippen LogP contribution in [0.1, 0.15) is 220 Å². The number of pyridine rings is 1. The van der Waals surface area contributed by atoms with E-state index in [1.54, 1.807) is 12.1 Å². The summed E-state index contributed by atoms with van der Waals surface area (Å²) in [4.78, 5) is 0.485. The van der Waals surface area contributed by atoms with Crippen molar-refractivity contribution in [1.29, 1.82) is 0 Å². The summed E-state index contributed by atoms with van der Waals surface area (Å²) < 4.78 is 29.1. The van der Waals surface area contributed by atoms with Crippen molar-refractivity contribution in [2.75, 3.05) is 0 Å². The van der Waals surface area contributed by atoms with Crippen molar-refractivity contribution in [2.45, 2.75) is 229 Å². The van der Waals surface area contributed by atoms with Crippen LogP contribution in [-0.4, -0.2) is 13.2 Å². The van der Waals surface area contributed by atoms with Gasteiger partial charge in [0.2, 0.25) is 0 Å². The summed E-state index contributed by atoms with van der Waals surface area (Å²) in [7, 11) is -1.45. The molecule has 4 heteroatoms. The van der Waals surface area contributed by atoms with Gasteiger partial charge < -0.3 is 0 Å². The van der Waals surface area contributed by atoms with Crippen molar-refractivity contribution in [3.63, 3.8) is 0 Å². The molecule has 0 bridgehead atoms. The maximum atomic E-state index is 13.9. The molecule has 1 aromatic heterocycles. The summed E-state index contributed by atoms with van der Waals surface area (Å²) >= 11 is 0. The normalized spacial score (nSPS) is 13.6. The Labute approximate surface area is 307 Å². The molecule has 0 fully saturated rings. The number of allylic oxidation sites excluding steroid dienone is 4. The number of aromatic nitrogens is 1. The molecule has 0 radical (unpaired) electrons. The van der Waals surface area contributed by atoms with Crippen LogP contribution >= 0.6 is 0 Å². The number of unbranched alkanes of at least 4 members (excludes halogenated alkanes) is 25. The summed E-state index contributed by atoms with van der Waals surface area (Å²) in [5.74, 6) is 0. The highest BCUT2D eigenvalue weighted by atomic mass is 32.2. The number of nitrogens with zero attached hydrogens (tertiary/aromatic N) is 1. The molecule has 0 aliphatic rings. The largest absolute Gasteiger partial charge is 0.223 e. The third-order valence-corrected chi connectivity index (χ3v) is 13.2. The van der Waals surface area contributed by atoms with Crippen LogP contribution in [0, 0.1) is 0 Å². The fraction of sp³-hybridized carbons (Fsp3) is 0.800. The lowest BCUT2D eigenvalue weighted by Gasteiger charge is -2.29. The summed E-state index contributed by atoms with van der Waals surface area (Å²) in [5.41, 5.74) is 0. The first-order chi connectivity index (χ1) is 23.9. The van der Waals surface area contributed by atoms with Gasteiger partial charge >= 0.3 is 0 Å². The second kappa shape index (κ2) is 31.3. The molecule has 49 heavy (non-hydrogen) atoms. The van der Waals surface area contributed by atoms with Crippen LogP contribution in [0.5, 0.6) is 0 Å². The number of sulfone groups is 1. The minimum absolute atomic E-state index is 0.485. The molecule has 1 heterocycles. The van der Waals surface area contributed by atoms with E-state index in [2.05, 4.69) is 38.2 Å². The Morgan fingerprint density at radius 2 is 0.776 bits per heavy atom. The lowest BCUT2D eigenvalue weighted by Crippen LogP contribution is -2.36. The minimum Gasteiger partial charge on any atom is -0.223 e. The fourth-order valence-electron chi connectivity index (χ4n) is 7.01. The number of aryl methyl sites for hydroxylation is 1. The van der Waals surface area contributed by atoms with Crippen LogP contribution in [0.4, 0.5) is 0 Å². The molecular weight excluding hydrogens is 619 g/mol. The zero-order valence-electron chi connectivity index (χ0n) is 33.2. The van der Waals surface area contributed by atoms with Crippen molar-refractivity contribution in [3.8, 4) is 0 Å². The molecule has 1 rings (SSSR count). The number of hydrogen-bond donors (Lipinski definition) is 0. The van der Waals surface area contributed by atoms with Crippen LogP contribution in [0.3, 0.4) is 0 Å². The molecule has 0 aliphatic heterocycles. The van der Waals surface area contributed by atoms with E-state index in [0.717, 1.165) is 38.5 Å². The van der Waals surface area contributed by atoms with Gasteiger partial charge in [-0.15, -0.1) is 0 Å². The van der Waals surface area contributed by atoms with Crippen molar-refractivity contribution >= 4 is 9.84 Å². The van der Waals surface area contributed by atoms with Gasteiger partial charge in [-0.05, 0) is 71.1 Å². The van der Waals surface area contributed by atoms with Crippen molar-refractivity contribution < 1.29 is 13.0 Å². The van der Waals surface area contributed by atoms with E-state index in [9.17, 15) is 8.42 Å². The Morgan fingerprint density at radius 3 is 1.10 bits per heavy atom. The lowest BCUT2D eigenvalue weighted by molar-refractivity contribution is -0.671. The molecule has 0 saturated heterocycles. The Balaban J connectivity index is 2.29. The van der Waals surface area contributed by atoms with Crippen LogP contribution < -0.4 is 4.57 Å². The third-order valence-electron chi connectivity index (χ3n) is 10.6. The zero-order chi connectivity index (χ0) is 35.7. The summed E-state index contributed by atoms with van der Waals surface area (Å²) in [6.45, 7) is 6.59. The van der Waals surface area contributed by atoms with Crippen molar-refractivity contribution in [3.05, 3.63) is 48.8 Å². The van der Waals surface area contributed by atoms with E-state index >= 15 is 0 Å². The molecule has 0 aromatic carbocycles. The van der Waals surface area contributed by atoms with Gasteiger partial charge in [0.05, 0.1) is 9.64 Å². The molecule has 0 aliphatic carbocycles. The molecule has 1 unspecified atom stereocenters. The molecule has 3 nitrogen and oxygen atoms in total. The Hall–Kier alpha value is -1.42. The Bertz CT molecular complexity index is 1030. The second-order valence-corrected chi connectivity index (χ2v) is 17.8. The molecule has 1 atom stereocenters. The van der Waals surface area contributed by atoms with Gasteiger partial charge in [0.25, 0.3) is 0 Å². The maximum absolute atomic E-state index is 13.9. The highest BCUT2D eigenvalue weighted by molar-refractivity contribution is 7.92. The van der Waals surface area contributed by atoms with Crippen molar-refractivity contribution in [1.82, 2.24) is 0 Å². The summed E-state index contributed by atoms with van der Waals surface area (Å²) in [6.07, 6.45) is 52.0. The van der Waals surface area contributed by atoms with E-state index in [-0.39, 0.29) is 0 Å². The molecule has 0 spiro atoms. The average molecular weight is 701 g/mol. The van der Waals surface area contributed by atoms with Crippen LogP contribution in [-0.2, 0) is 16.9 Å². The van der Waals surface area contributed by atoms with Crippen LogP contribution in [0.2, 0.25) is 0 Å². The van der Waals surface area contributed by atoms with Crippen LogP contribution in [0.25, 0.3) is 0 Å². The minimum atomic E-state index is -3.39. The monoisotopic (exact) mass is 701 g/mol. The predicted octanol–water partition coefficient (Wildman–Crippen LogP) is 14.3. The zero-order valence-corrected chi connectivity index (χ0v) is 34.0. The third kappa shape index (κ3) is 23.6. The van der Waals surface area contributed by atoms with Crippen LogP contribution in [0.15, 0.2) is 53.7 Å². The van der Waals surface area contributed by atoms with E-state index in [4.69, 9.17) is 0 Å². The highest BCUT2D eigenvalue weighted by Gasteiger charge is 2.39. The molecular formula is C45H82NO2S+. The lowest BCUT2D eigenvalue weighted by atomic mass is 9.94. The first-order valence-electron chi connectivity index (χ1n) is 21.4. The number of rotatable bonds is 35. The Morgan fingerprint density at radius 1 is 0.490 bits per heavy atom. The predicted molar refractivity (Wildman–Crippen MR) is 216 cm³/mol. The van der Waals surface area contributed by atoms with Gasteiger partial charge in [0, 0.05) is 12.1 Å². The van der Waals surface area contributed by atoms with E-state index < -0.39 is 14.6 Å². The maximum Gasteiger partial charge on any atom is 0.184 e. The Kier molecular flexibility index (Phi) is 29.2. The molecule has 0 N–H and O–H groups in total. The molecule has 0 saturated carbocycles. The topological polar surface area (TPSA) is 38.0 Å². The first kappa shape index (κ1) is 45.6. The SMILES string of the molecule is CCCCCCCCC=CCCCCCCCCCC(C)(CCCCCCCCC=CCCCCCCCC)S(=O)(=O)c1cc[n+](C)cc1. The van der Waals surface area contributed by atoms with E-state index in [1.807, 2.05) is 30.9 Å². The van der Waals surface area contributed by atoms with Gasteiger partial charge in [0.15, 0.2) is 22.2 Å². The van der Waals surface area contributed by atoms with Crippen molar-refractivity contribution in [2.24, 2.45) is 7.05 Å². The van der Waals surface area contributed by atoms with Gasteiger partial charge in [-0.2, -0.15) is 0 Å². The summed E-state index contributed by atoms with van der Waals surface area (Å²) in [5, 5.41) is 0. The highest BCUT2D eigenvalue weighted by Crippen LogP contribution is 2.35. The average Bonchev–Trinajstić information content (AvgIpc) is 3.09. The van der Waals surface area contributed by atoms with Gasteiger partial charge in [-0.1, -0.05) is 173 Å². The second-order valence-electron chi connectivity index (χ2n) is 15.4. The number of hydrogen-bond acceptors (Lipinski definition) is 2. The molecule has 284 valence electrons. The van der Waals surface area contributed by atoms with E-state index in [1.165, 1.54) is 161 Å².